The highest BCUT2D eigenvalue weighted by Crippen LogP contribution is 2.11. The van der Waals surface area contributed by atoms with E-state index in [-0.39, 0.29) is 19.0 Å². The standard InChI is InChI=1S/C16H20O4/c1-5-8-19-13(4)16(18)20-10-15(17)14-9-11(2)6-7-12(14)3/h5-7,9,13H,1,8,10H2,2-4H3. The highest BCUT2D eigenvalue weighted by atomic mass is 16.6. The molecule has 1 rings (SSSR count). The van der Waals surface area contributed by atoms with Crippen LogP contribution in [0.15, 0.2) is 30.9 Å². The molecular weight excluding hydrogens is 256 g/mol. The smallest absolute Gasteiger partial charge is 0.335 e. The van der Waals surface area contributed by atoms with Crippen molar-refractivity contribution in [2.75, 3.05) is 13.2 Å². The number of ether oxygens (including phenoxy) is 2. The first-order valence-corrected chi connectivity index (χ1v) is 6.45. The molecule has 4 nitrogen and oxygen atoms in total. The van der Waals surface area contributed by atoms with Crippen LogP contribution < -0.4 is 0 Å². The summed E-state index contributed by atoms with van der Waals surface area (Å²) in [5.74, 6) is -0.763. The molecule has 0 saturated carbocycles. The topological polar surface area (TPSA) is 52.6 Å². The van der Waals surface area contributed by atoms with Gasteiger partial charge in [0, 0.05) is 5.56 Å². The Hall–Kier alpha value is -1.94. The molecule has 0 amide bonds. The maximum atomic E-state index is 12.0. The maximum absolute atomic E-state index is 12.0. The molecule has 0 heterocycles. The lowest BCUT2D eigenvalue weighted by molar-refractivity contribution is -0.154. The quantitative estimate of drug-likeness (QED) is 0.436. The number of rotatable bonds is 7. The zero-order valence-corrected chi connectivity index (χ0v) is 12.1. The first-order valence-electron chi connectivity index (χ1n) is 6.45. The average molecular weight is 276 g/mol. The molecule has 1 aromatic carbocycles. The van der Waals surface area contributed by atoms with E-state index in [1.54, 1.807) is 19.1 Å². The lowest BCUT2D eigenvalue weighted by Gasteiger charge is -2.11. The molecule has 0 saturated heterocycles. The van der Waals surface area contributed by atoms with E-state index >= 15 is 0 Å². The predicted octanol–water partition coefficient (Wildman–Crippen LogP) is 2.62. The van der Waals surface area contributed by atoms with E-state index in [1.807, 2.05) is 26.0 Å². The summed E-state index contributed by atoms with van der Waals surface area (Å²) in [5.41, 5.74) is 2.44. The van der Waals surface area contributed by atoms with Gasteiger partial charge in [0.15, 0.2) is 12.7 Å². The van der Waals surface area contributed by atoms with Gasteiger partial charge < -0.3 is 9.47 Å². The van der Waals surface area contributed by atoms with Gasteiger partial charge in [-0.3, -0.25) is 4.79 Å². The number of hydrogen-bond acceptors (Lipinski definition) is 4. The van der Waals surface area contributed by atoms with Crippen molar-refractivity contribution in [3.63, 3.8) is 0 Å². The predicted molar refractivity (Wildman–Crippen MR) is 76.8 cm³/mol. The number of Topliss-reactive ketones (excluding diaryl/α,β-unsaturated/α-hetero) is 1. The van der Waals surface area contributed by atoms with E-state index in [4.69, 9.17) is 9.47 Å². The second kappa shape index (κ2) is 7.60. The molecule has 0 aromatic heterocycles. The van der Waals surface area contributed by atoms with E-state index in [9.17, 15) is 9.59 Å². The van der Waals surface area contributed by atoms with Gasteiger partial charge in [0.2, 0.25) is 5.78 Å². The Morgan fingerprint density at radius 2 is 2.05 bits per heavy atom. The Balaban J connectivity index is 2.57. The molecule has 0 aliphatic carbocycles. The first kappa shape index (κ1) is 16.1. The number of aryl methyl sites for hydroxylation is 2. The molecule has 1 aromatic rings. The minimum Gasteiger partial charge on any atom is -0.455 e. The molecule has 1 unspecified atom stereocenters. The summed E-state index contributed by atoms with van der Waals surface area (Å²) < 4.78 is 10.1. The molecular formula is C16H20O4. The fourth-order valence-corrected chi connectivity index (χ4v) is 1.65. The summed E-state index contributed by atoms with van der Waals surface area (Å²) >= 11 is 0. The number of carbonyl (C=O) groups excluding carboxylic acids is 2. The second-order valence-corrected chi connectivity index (χ2v) is 4.61. The summed E-state index contributed by atoms with van der Waals surface area (Å²) in [6.07, 6.45) is 0.838. The van der Waals surface area contributed by atoms with Gasteiger partial charge in [0.25, 0.3) is 0 Å². The van der Waals surface area contributed by atoms with Gasteiger partial charge in [-0.15, -0.1) is 6.58 Å². The molecule has 0 bridgehead atoms. The fraction of sp³-hybridized carbons (Fsp3) is 0.375. The SMILES string of the molecule is C=CCOC(C)C(=O)OCC(=O)c1cc(C)ccc1C. The molecule has 0 N–H and O–H groups in total. The van der Waals surface area contributed by atoms with Crippen molar-refractivity contribution in [1.82, 2.24) is 0 Å². The molecule has 0 spiro atoms. The lowest BCUT2D eigenvalue weighted by atomic mass is 10.0. The van der Waals surface area contributed by atoms with Crippen LogP contribution in [-0.4, -0.2) is 31.1 Å². The van der Waals surface area contributed by atoms with E-state index < -0.39 is 12.1 Å². The molecule has 1 atom stereocenters. The zero-order chi connectivity index (χ0) is 15.1. The van der Waals surface area contributed by atoms with E-state index in [1.165, 1.54) is 0 Å². The summed E-state index contributed by atoms with van der Waals surface area (Å²) in [6, 6.07) is 5.60. The van der Waals surface area contributed by atoms with Gasteiger partial charge in [0.05, 0.1) is 6.61 Å². The first-order chi connectivity index (χ1) is 9.45. The number of ketones is 1. The average Bonchev–Trinajstić information content (AvgIpc) is 2.44. The molecule has 4 heteroatoms. The van der Waals surface area contributed by atoms with Crippen molar-refractivity contribution in [2.45, 2.75) is 26.9 Å². The largest absolute Gasteiger partial charge is 0.455 e. The molecule has 0 aliphatic heterocycles. The molecule has 20 heavy (non-hydrogen) atoms. The van der Waals surface area contributed by atoms with Gasteiger partial charge >= 0.3 is 5.97 Å². The lowest BCUT2D eigenvalue weighted by Crippen LogP contribution is -2.26. The van der Waals surface area contributed by atoms with Crippen LogP contribution >= 0.6 is 0 Å². The number of benzene rings is 1. The minimum absolute atomic E-state index is 0.213. The fourth-order valence-electron chi connectivity index (χ4n) is 1.65. The van der Waals surface area contributed by atoms with E-state index in [0.29, 0.717) is 5.56 Å². The van der Waals surface area contributed by atoms with Crippen LogP contribution in [0.2, 0.25) is 0 Å². The van der Waals surface area contributed by atoms with Crippen LogP contribution in [-0.2, 0) is 14.3 Å². The third-order valence-corrected chi connectivity index (χ3v) is 2.84. The minimum atomic E-state index is -0.709. The Bertz CT molecular complexity index is 505. The van der Waals surface area contributed by atoms with Gasteiger partial charge in [0.1, 0.15) is 0 Å². The van der Waals surface area contributed by atoms with Crippen LogP contribution in [0, 0.1) is 13.8 Å². The normalized spacial score (nSPS) is 11.8. The molecule has 0 radical (unpaired) electrons. The monoisotopic (exact) mass is 276 g/mol. The third kappa shape index (κ3) is 4.63. The highest BCUT2D eigenvalue weighted by molar-refractivity contribution is 5.99. The van der Waals surface area contributed by atoms with Gasteiger partial charge in [-0.25, -0.2) is 4.79 Å². The van der Waals surface area contributed by atoms with Crippen molar-refractivity contribution < 1.29 is 19.1 Å². The number of hydrogen-bond donors (Lipinski definition) is 0. The Kier molecular flexibility index (Phi) is 6.12. The maximum Gasteiger partial charge on any atom is 0.335 e. The number of carbonyl (C=O) groups is 2. The third-order valence-electron chi connectivity index (χ3n) is 2.84. The Morgan fingerprint density at radius 3 is 2.70 bits per heavy atom. The second-order valence-electron chi connectivity index (χ2n) is 4.61. The van der Waals surface area contributed by atoms with Crippen LogP contribution in [0.4, 0.5) is 0 Å². The van der Waals surface area contributed by atoms with Crippen LogP contribution in [0.5, 0.6) is 0 Å². The van der Waals surface area contributed by atoms with Crippen molar-refractivity contribution >= 4 is 11.8 Å². The number of esters is 1. The zero-order valence-electron chi connectivity index (χ0n) is 12.1. The van der Waals surface area contributed by atoms with Gasteiger partial charge in [-0.05, 0) is 32.4 Å². The van der Waals surface area contributed by atoms with E-state index in [2.05, 4.69) is 6.58 Å². The van der Waals surface area contributed by atoms with Crippen molar-refractivity contribution in [3.05, 3.63) is 47.5 Å². The van der Waals surface area contributed by atoms with Gasteiger partial charge in [-0.2, -0.15) is 0 Å². The van der Waals surface area contributed by atoms with Crippen molar-refractivity contribution in [1.29, 1.82) is 0 Å². The summed E-state index contributed by atoms with van der Waals surface area (Å²) in [4.78, 5) is 23.6. The Labute approximate surface area is 119 Å². The van der Waals surface area contributed by atoms with Crippen molar-refractivity contribution in [3.8, 4) is 0 Å². The molecule has 0 fully saturated rings. The van der Waals surface area contributed by atoms with Crippen LogP contribution in [0.3, 0.4) is 0 Å². The molecule has 0 aliphatic rings. The Morgan fingerprint density at radius 1 is 1.35 bits per heavy atom. The van der Waals surface area contributed by atoms with E-state index in [0.717, 1.165) is 11.1 Å². The summed E-state index contributed by atoms with van der Waals surface area (Å²) in [7, 11) is 0. The van der Waals surface area contributed by atoms with Crippen molar-refractivity contribution in [2.24, 2.45) is 0 Å². The van der Waals surface area contributed by atoms with Crippen LogP contribution in [0.1, 0.15) is 28.4 Å². The summed E-state index contributed by atoms with van der Waals surface area (Å²) in [5, 5.41) is 0. The highest BCUT2D eigenvalue weighted by Gasteiger charge is 2.17. The van der Waals surface area contributed by atoms with Gasteiger partial charge in [-0.1, -0.05) is 23.8 Å². The van der Waals surface area contributed by atoms with Crippen LogP contribution in [0.25, 0.3) is 0 Å². The summed E-state index contributed by atoms with van der Waals surface area (Å²) in [6.45, 7) is 8.82. The molecule has 108 valence electrons.